The van der Waals surface area contributed by atoms with Crippen LogP contribution in [0.5, 0.6) is 5.75 Å². The summed E-state index contributed by atoms with van der Waals surface area (Å²) in [6.45, 7) is 3.51. The van der Waals surface area contributed by atoms with E-state index in [2.05, 4.69) is 27.2 Å². The van der Waals surface area contributed by atoms with E-state index in [-0.39, 0.29) is 5.91 Å². The van der Waals surface area contributed by atoms with Crippen LogP contribution in [0.1, 0.15) is 27.6 Å². The van der Waals surface area contributed by atoms with Crippen LogP contribution in [-0.4, -0.2) is 59.1 Å². The second-order valence-electron chi connectivity index (χ2n) is 7.06. The van der Waals surface area contributed by atoms with Crippen LogP contribution in [-0.2, 0) is 13.0 Å². The van der Waals surface area contributed by atoms with Gasteiger partial charge in [-0.2, -0.15) is 4.98 Å². The molecule has 7 heteroatoms. The fraction of sp³-hybridized carbons (Fsp3) is 0.318. The minimum Gasteiger partial charge on any atom is -0.497 e. The van der Waals surface area contributed by atoms with Gasteiger partial charge in [0.05, 0.1) is 13.7 Å². The van der Waals surface area contributed by atoms with Gasteiger partial charge in [0.2, 0.25) is 5.89 Å². The molecule has 0 saturated carbocycles. The molecule has 1 aromatic heterocycles. The number of methoxy groups -OCH3 is 1. The monoisotopic (exact) mass is 392 g/mol. The van der Waals surface area contributed by atoms with E-state index in [1.54, 1.807) is 19.2 Å². The van der Waals surface area contributed by atoms with E-state index in [0.29, 0.717) is 43.3 Å². The number of hydrogen-bond acceptors (Lipinski definition) is 6. The van der Waals surface area contributed by atoms with Crippen molar-refractivity contribution in [2.45, 2.75) is 13.0 Å². The number of nitrogens with zero attached hydrogens (tertiary/aromatic N) is 4. The van der Waals surface area contributed by atoms with E-state index in [4.69, 9.17) is 9.26 Å². The maximum absolute atomic E-state index is 12.7. The quantitative estimate of drug-likeness (QED) is 0.642. The number of carbonyl (C=O) groups excluding carboxylic acids is 1. The van der Waals surface area contributed by atoms with Crippen LogP contribution in [0.15, 0.2) is 59.1 Å². The fourth-order valence-electron chi connectivity index (χ4n) is 3.42. The number of amides is 1. The highest BCUT2D eigenvalue weighted by molar-refractivity contribution is 5.94. The molecule has 0 spiro atoms. The maximum Gasteiger partial charge on any atom is 0.253 e. The summed E-state index contributed by atoms with van der Waals surface area (Å²) in [5.41, 5.74) is 1.84. The van der Waals surface area contributed by atoms with Gasteiger partial charge in [0, 0.05) is 38.2 Å². The summed E-state index contributed by atoms with van der Waals surface area (Å²) in [6.07, 6.45) is 0.661. The Balaban J connectivity index is 1.28. The lowest BCUT2D eigenvalue weighted by molar-refractivity contribution is 0.0615. The number of piperazine rings is 1. The second kappa shape index (κ2) is 8.87. The summed E-state index contributed by atoms with van der Waals surface area (Å²) in [5.74, 6) is 2.11. The standard InChI is InChI=1S/C22H24N4O3/c1-28-19-9-7-18(8-10-19)22(27)26-13-11-25(12-14-26)16-21-23-20(24-29-21)15-17-5-3-2-4-6-17/h2-10H,11-16H2,1H3. The normalized spacial score (nSPS) is 14.7. The van der Waals surface area contributed by atoms with Gasteiger partial charge in [-0.05, 0) is 29.8 Å². The predicted molar refractivity (Wildman–Crippen MR) is 108 cm³/mol. The van der Waals surface area contributed by atoms with Crippen LogP contribution in [0, 0.1) is 0 Å². The van der Waals surface area contributed by atoms with Crippen LogP contribution >= 0.6 is 0 Å². The number of benzene rings is 2. The van der Waals surface area contributed by atoms with Gasteiger partial charge in [0.15, 0.2) is 5.82 Å². The minimum absolute atomic E-state index is 0.0511. The third kappa shape index (κ3) is 4.81. The number of rotatable bonds is 6. The lowest BCUT2D eigenvalue weighted by Gasteiger charge is -2.34. The fourth-order valence-corrected chi connectivity index (χ4v) is 3.42. The largest absolute Gasteiger partial charge is 0.497 e. The van der Waals surface area contributed by atoms with Gasteiger partial charge < -0.3 is 14.2 Å². The molecule has 7 nitrogen and oxygen atoms in total. The Morgan fingerprint density at radius 3 is 2.45 bits per heavy atom. The average Bonchev–Trinajstić information content (AvgIpc) is 3.21. The van der Waals surface area contributed by atoms with Crippen molar-refractivity contribution < 1.29 is 14.1 Å². The van der Waals surface area contributed by atoms with E-state index in [1.165, 1.54) is 0 Å². The van der Waals surface area contributed by atoms with Gasteiger partial charge in [-0.15, -0.1) is 0 Å². The van der Waals surface area contributed by atoms with Crippen molar-refractivity contribution in [3.8, 4) is 5.75 Å². The Morgan fingerprint density at radius 2 is 1.76 bits per heavy atom. The molecule has 29 heavy (non-hydrogen) atoms. The topological polar surface area (TPSA) is 71.7 Å². The lowest BCUT2D eigenvalue weighted by atomic mass is 10.1. The maximum atomic E-state index is 12.7. The first-order valence-electron chi connectivity index (χ1n) is 9.72. The summed E-state index contributed by atoms with van der Waals surface area (Å²) in [4.78, 5) is 21.3. The molecule has 1 aliphatic heterocycles. The number of hydrogen-bond donors (Lipinski definition) is 0. The minimum atomic E-state index is 0.0511. The molecule has 0 atom stereocenters. The molecule has 0 unspecified atom stereocenters. The summed E-state index contributed by atoms with van der Waals surface area (Å²) >= 11 is 0. The average molecular weight is 392 g/mol. The van der Waals surface area contributed by atoms with Crippen LogP contribution in [0.4, 0.5) is 0 Å². The Hall–Kier alpha value is -3.19. The first kappa shape index (κ1) is 19.1. The molecule has 150 valence electrons. The molecular weight excluding hydrogens is 368 g/mol. The molecule has 1 fully saturated rings. The van der Waals surface area contributed by atoms with Crippen LogP contribution in [0.3, 0.4) is 0 Å². The van der Waals surface area contributed by atoms with Gasteiger partial charge in [0.25, 0.3) is 5.91 Å². The Labute approximate surface area is 169 Å². The first-order chi connectivity index (χ1) is 14.2. The molecule has 3 aromatic rings. The number of carbonyl (C=O) groups is 1. The van der Waals surface area contributed by atoms with E-state index >= 15 is 0 Å². The van der Waals surface area contributed by atoms with Crippen molar-refractivity contribution in [3.05, 3.63) is 77.4 Å². The molecule has 2 aromatic carbocycles. The molecule has 1 saturated heterocycles. The molecule has 0 radical (unpaired) electrons. The molecule has 0 aliphatic carbocycles. The SMILES string of the molecule is COc1ccc(C(=O)N2CCN(Cc3nc(Cc4ccccc4)no3)CC2)cc1. The van der Waals surface area contributed by atoms with Crippen LogP contribution in [0.25, 0.3) is 0 Å². The Kier molecular flexibility index (Phi) is 5.86. The van der Waals surface area contributed by atoms with E-state index in [9.17, 15) is 4.79 Å². The lowest BCUT2D eigenvalue weighted by Crippen LogP contribution is -2.48. The van der Waals surface area contributed by atoms with Gasteiger partial charge in [-0.1, -0.05) is 35.5 Å². The van der Waals surface area contributed by atoms with Crippen molar-refractivity contribution in [1.29, 1.82) is 0 Å². The molecule has 1 aliphatic rings. The summed E-state index contributed by atoms with van der Waals surface area (Å²) in [6, 6.07) is 17.3. The van der Waals surface area contributed by atoms with Crippen LogP contribution < -0.4 is 4.74 Å². The summed E-state index contributed by atoms with van der Waals surface area (Å²) in [5, 5.41) is 4.09. The van der Waals surface area contributed by atoms with Crippen molar-refractivity contribution >= 4 is 5.91 Å². The molecule has 0 N–H and O–H groups in total. The summed E-state index contributed by atoms with van der Waals surface area (Å²) in [7, 11) is 1.62. The Bertz CT molecular complexity index is 932. The van der Waals surface area contributed by atoms with E-state index in [1.807, 2.05) is 35.2 Å². The molecule has 4 rings (SSSR count). The highest BCUT2D eigenvalue weighted by Gasteiger charge is 2.23. The van der Waals surface area contributed by atoms with Gasteiger partial charge in [0.1, 0.15) is 5.75 Å². The highest BCUT2D eigenvalue weighted by Crippen LogP contribution is 2.15. The Morgan fingerprint density at radius 1 is 1.03 bits per heavy atom. The third-order valence-corrected chi connectivity index (χ3v) is 5.07. The van der Waals surface area contributed by atoms with Crippen molar-refractivity contribution in [1.82, 2.24) is 19.9 Å². The summed E-state index contributed by atoms with van der Waals surface area (Å²) < 4.78 is 10.6. The van der Waals surface area contributed by atoms with Gasteiger partial charge in [-0.3, -0.25) is 9.69 Å². The van der Waals surface area contributed by atoms with Crippen molar-refractivity contribution in [2.24, 2.45) is 0 Å². The number of aromatic nitrogens is 2. The van der Waals surface area contributed by atoms with E-state index < -0.39 is 0 Å². The second-order valence-corrected chi connectivity index (χ2v) is 7.06. The van der Waals surface area contributed by atoms with Crippen molar-refractivity contribution in [3.63, 3.8) is 0 Å². The molecular formula is C22H24N4O3. The molecule has 2 heterocycles. The zero-order chi connectivity index (χ0) is 20.1. The zero-order valence-corrected chi connectivity index (χ0v) is 16.5. The predicted octanol–water partition coefficient (Wildman–Crippen LogP) is 2.63. The number of ether oxygens (including phenoxy) is 1. The van der Waals surface area contributed by atoms with Gasteiger partial charge >= 0.3 is 0 Å². The van der Waals surface area contributed by atoms with Gasteiger partial charge in [-0.25, -0.2) is 0 Å². The first-order valence-corrected chi connectivity index (χ1v) is 9.72. The smallest absolute Gasteiger partial charge is 0.253 e. The zero-order valence-electron chi connectivity index (χ0n) is 16.5. The third-order valence-electron chi connectivity index (χ3n) is 5.07. The molecule has 1 amide bonds. The van der Waals surface area contributed by atoms with Crippen molar-refractivity contribution in [2.75, 3.05) is 33.3 Å². The highest BCUT2D eigenvalue weighted by atomic mass is 16.5. The van der Waals surface area contributed by atoms with E-state index in [0.717, 1.165) is 24.4 Å². The van der Waals surface area contributed by atoms with Crippen LogP contribution in [0.2, 0.25) is 0 Å². The molecule has 0 bridgehead atoms.